The Kier molecular flexibility index (Phi) is 5.86. The summed E-state index contributed by atoms with van der Waals surface area (Å²) in [6.07, 6.45) is 1.24. The molecule has 0 aliphatic heterocycles. The summed E-state index contributed by atoms with van der Waals surface area (Å²) < 4.78 is 6.21. The van der Waals surface area contributed by atoms with Gasteiger partial charge in [0.1, 0.15) is 11.9 Å². The van der Waals surface area contributed by atoms with Crippen molar-refractivity contribution in [2.75, 3.05) is 6.54 Å². The first kappa shape index (κ1) is 16.0. The lowest BCUT2D eigenvalue weighted by atomic mass is 9.86. The van der Waals surface area contributed by atoms with Gasteiger partial charge in [-0.05, 0) is 23.5 Å². The average molecular weight is 263 g/mol. The van der Waals surface area contributed by atoms with E-state index in [1.54, 1.807) is 0 Å². The van der Waals surface area contributed by atoms with E-state index in [9.17, 15) is 0 Å². The lowest BCUT2D eigenvalue weighted by molar-refractivity contribution is 0.186. The maximum absolute atomic E-state index is 6.21. The Labute approximate surface area is 118 Å². The van der Waals surface area contributed by atoms with Crippen molar-refractivity contribution < 1.29 is 4.74 Å². The van der Waals surface area contributed by atoms with Gasteiger partial charge in [0.2, 0.25) is 0 Å². The number of rotatable bonds is 6. The van der Waals surface area contributed by atoms with E-state index >= 15 is 0 Å². The number of nitrogens with one attached hydrogen (secondary N) is 1. The van der Waals surface area contributed by atoms with Gasteiger partial charge in [0, 0.05) is 12.6 Å². The molecule has 0 spiro atoms. The molecule has 0 aliphatic rings. The van der Waals surface area contributed by atoms with Gasteiger partial charge in [-0.2, -0.15) is 0 Å². The minimum absolute atomic E-state index is 0.111. The quantitative estimate of drug-likeness (QED) is 0.833. The summed E-state index contributed by atoms with van der Waals surface area (Å²) in [6.45, 7) is 14.1. The lowest BCUT2D eigenvalue weighted by Gasteiger charge is -2.26. The molecule has 0 saturated heterocycles. The zero-order valence-corrected chi connectivity index (χ0v) is 13.3. The SMILES string of the molecule is CCC(CNC(C)C)Oc1ccccc1C(C)(C)C. The van der Waals surface area contributed by atoms with Crippen LogP contribution in [-0.4, -0.2) is 18.7 Å². The summed E-state index contributed by atoms with van der Waals surface area (Å²) in [5.41, 5.74) is 1.39. The van der Waals surface area contributed by atoms with Crippen LogP contribution in [0.5, 0.6) is 5.75 Å². The van der Waals surface area contributed by atoms with E-state index in [0.717, 1.165) is 18.7 Å². The van der Waals surface area contributed by atoms with Crippen molar-refractivity contribution in [2.24, 2.45) is 0 Å². The molecule has 108 valence electrons. The van der Waals surface area contributed by atoms with Gasteiger partial charge in [-0.3, -0.25) is 0 Å². The second-order valence-electron chi connectivity index (χ2n) is 6.46. The molecule has 0 radical (unpaired) electrons. The van der Waals surface area contributed by atoms with Gasteiger partial charge >= 0.3 is 0 Å². The van der Waals surface area contributed by atoms with E-state index in [4.69, 9.17) is 4.74 Å². The van der Waals surface area contributed by atoms with Gasteiger partial charge < -0.3 is 10.1 Å². The summed E-state index contributed by atoms with van der Waals surface area (Å²) in [5, 5.41) is 3.45. The molecule has 1 rings (SSSR count). The highest BCUT2D eigenvalue weighted by Crippen LogP contribution is 2.31. The minimum Gasteiger partial charge on any atom is -0.489 e. The highest BCUT2D eigenvalue weighted by atomic mass is 16.5. The van der Waals surface area contributed by atoms with E-state index in [2.05, 4.69) is 65.1 Å². The number of hydrogen-bond acceptors (Lipinski definition) is 2. The molecule has 1 N–H and O–H groups in total. The van der Waals surface area contributed by atoms with Gasteiger partial charge in [-0.1, -0.05) is 59.7 Å². The van der Waals surface area contributed by atoms with Crippen LogP contribution in [0.1, 0.15) is 53.5 Å². The van der Waals surface area contributed by atoms with Gasteiger partial charge in [0.15, 0.2) is 0 Å². The normalized spacial score (nSPS) is 13.6. The number of benzene rings is 1. The Hall–Kier alpha value is -1.02. The third-order valence-electron chi connectivity index (χ3n) is 3.20. The predicted octanol–water partition coefficient (Wildman–Crippen LogP) is 4.14. The van der Waals surface area contributed by atoms with Crippen LogP contribution in [-0.2, 0) is 5.41 Å². The van der Waals surface area contributed by atoms with Crippen molar-refractivity contribution in [2.45, 2.75) is 65.5 Å². The van der Waals surface area contributed by atoms with Crippen molar-refractivity contribution in [3.05, 3.63) is 29.8 Å². The first-order valence-electron chi connectivity index (χ1n) is 7.34. The van der Waals surface area contributed by atoms with Gasteiger partial charge in [0.05, 0.1) is 0 Å². The molecule has 1 aromatic rings. The second kappa shape index (κ2) is 6.95. The Balaban J connectivity index is 2.80. The van der Waals surface area contributed by atoms with E-state index in [1.807, 2.05) is 6.07 Å². The van der Waals surface area contributed by atoms with E-state index < -0.39 is 0 Å². The van der Waals surface area contributed by atoms with Crippen LogP contribution in [0.15, 0.2) is 24.3 Å². The number of hydrogen-bond donors (Lipinski definition) is 1. The molecular weight excluding hydrogens is 234 g/mol. The van der Waals surface area contributed by atoms with Crippen molar-refractivity contribution in [1.82, 2.24) is 5.32 Å². The summed E-state index contributed by atoms with van der Waals surface area (Å²) >= 11 is 0. The molecular formula is C17H29NO. The van der Waals surface area contributed by atoms with Gasteiger partial charge in [-0.25, -0.2) is 0 Å². The molecule has 2 nitrogen and oxygen atoms in total. The van der Waals surface area contributed by atoms with Crippen LogP contribution in [0.4, 0.5) is 0 Å². The van der Waals surface area contributed by atoms with Crippen LogP contribution in [0.25, 0.3) is 0 Å². The molecule has 0 aromatic heterocycles. The Morgan fingerprint density at radius 2 is 1.79 bits per heavy atom. The molecule has 0 saturated carbocycles. The fourth-order valence-corrected chi connectivity index (χ4v) is 2.01. The van der Waals surface area contributed by atoms with Crippen molar-refractivity contribution in [1.29, 1.82) is 0 Å². The zero-order valence-electron chi connectivity index (χ0n) is 13.3. The standard InChI is InChI=1S/C17H29NO/c1-7-14(12-18-13(2)3)19-16-11-9-8-10-15(16)17(4,5)6/h8-11,13-14,18H,7,12H2,1-6H3. The molecule has 0 heterocycles. The monoisotopic (exact) mass is 263 g/mol. The third-order valence-corrected chi connectivity index (χ3v) is 3.20. The Bertz CT molecular complexity index is 379. The summed E-state index contributed by atoms with van der Waals surface area (Å²) in [7, 11) is 0. The molecule has 0 fully saturated rings. The molecule has 0 aliphatic carbocycles. The molecule has 1 unspecified atom stereocenters. The predicted molar refractivity (Wildman–Crippen MR) is 83.0 cm³/mol. The highest BCUT2D eigenvalue weighted by Gasteiger charge is 2.20. The topological polar surface area (TPSA) is 21.3 Å². The third kappa shape index (κ3) is 5.23. The molecule has 1 atom stereocenters. The smallest absolute Gasteiger partial charge is 0.123 e. The van der Waals surface area contributed by atoms with Crippen LogP contribution in [0.3, 0.4) is 0 Å². The van der Waals surface area contributed by atoms with Crippen LogP contribution >= 0.6 is 0 Å². The second-order valence-corrected chi connectivity index (χ2v) is 6.46. The first-order chi connectivity index (χ1) is 8.84. The van der Waals surface area contributed by atoms with Crippen molar-refractivity contribution >= 4 is 0 Å². The van der Waals surface area contributed by atoms with E-state index in [-0.39, 0.29) is 11.5 Å². The van der Waals surface area contributed by atoms with Crippen LogP contribution < -0.4 is 10.1 Å². The lowest BCUT2D eigenvalue weighted by Crippen LogP contribution is -2.35. The van der Waals surface area contributed by atoms with Crippen molar-refractivity contribution in [3.63, 3.8) is 0 Å². The molecule has 0 bridgehead atoms. The van der Waals surface area contributed by atoms with Crippen molar-refractivity contribution in [3.8, 4) is 5.75 Å². The van der Waals surface area contributed by atoms with Gasteiger partial charge in [-0.15, -0.1) is 0 Å². The van der Waals surface area contributed by atoms with E-state index in [0.29, 0.717) is 6.04 Å². The van der Waals surface area contributed by atoms with Crippen LogP contribution in [0, 0.1) is 0 Å². The largest absolute Gasteiger partial charge is 0.489 e. The first-order valence-corrected chi connectivity index (χ1v) is 7.34. The molecule has 1 aromatic carbocycles. The summed E-state index contributed by atoms with van der Waals surface area (Å²) in [5.74, 6) is 1.02. The molecule has 0 amide bonds. The zero-order chi connectivity index (χ0) is 14.5. The maximum Gasteiger partial charge on any atom is 0.123 e. The Morgan fingerprint density at radius 3 is 2.32 bits per heavy atom. The summed E-state index contributed by atoms with van der Waals surface area (Å²) in [6, 6.07) is 8.88. The number of para-hydroxylation sites is 1. The number of ether oxygens (including phenoxy) is 1. The molecule has 2 heteroatoms. The van der Waals surface area contributed by atoms with Crippen LogP contribution in [0.2, 0.25) is 0 Å². The fraction of sp³-hybridized carbons (Fsp3) is 0.647. The minimum atomic E-state index is 0.111. The maximum atomic E-state index is 6.21. The fourth-order valence-electron chi connectivity index (χ4n) is 2.01. The Morgan fingerprint density at radius 1 is 1.16 bits per heavy atom. The summed E-state index contributed by atoms with van der Waals surface area (Å²) in [4.78, 5) is 0. The highest BCUT2D eigenvalue weighted by molar-refractivity contribution is 5.38. The van der Waals surface area contributed by atoms with E-state index in [1.165, 1.54) is 5.56 Å². The van der Waals surface area contributed by atoms with Gasteiger partial charge in [0.25, 0.3) is 0 Å². The molecule has 19 heavy (non-hydrogen) atoms. The average Bonchev–Trinajstić information content (AvgIpc) is 2.33.